The number of alkyl halides is 3. The molecule has 0 bridgehead atoms. The third-order valence-electron chi connectivity index (χ3n) is 2.48. The fourth-order valence-electron chi connectivity index (χ4n) is 1.69. The van der Waals surface area contributed by atoms with Gasteiger partial charge < -0.3 is 0 Å². The summed E-state index contributed by atoms with van der Waals surface area (Å²) in [4.78, 5) is 0. The van der Waals surface area contributed by atoms with E-state index >= 15 is 0 Å². The zero-order valence-electron chi connectivity index (χ0n) is 6.86. The van der Waals surface area contributed by atoms with Crippen LogP contribution in [0.2, 0.25) is 0 Å². The molecule has 2 nitrogen and oxygen atoms in total. The molecule has 0 amide bonds. The van der Waals surface area contributed by atoms with Crippen LogP contribution in [0, 0.1) is 5.92 Å². The normalized spacial score (nSPS) is 22.8. The van der Waals surface area contributed by atoms with Crippen molar-refractivity contribution < 1.29 is 13.2 Å². The minimum Gasteiger partial charge on any atom is -0.282 e. The van der Waals surface area contributed by atoms with E-state index in [-0.39, 0.29) is 12.8 Å². The Hall–Kier alpha value is -1.00. The van der Waals surface area contributed by atoms with Crippen molar-refractivity contribution in [1.29, 1.82) is 0 Å². The first-order valence-corrected chi connectivity index (χ1v) is 4.15. The second-order valence-electron chi connectivity index (χ2n) is 3.36. The zero-order valence-corrected chi connectivity index (χ0v) is 6.86. The van der Waals surface area contributed by atoms with E-state index in [0.29, 0.717) is 12.1 Å². The first-order valence-electron chi connectivity index (χ1n) is 4.15. The summed E-state index contributed by atoms with van der Waals surface area (Å²) < 4.78 is 36.9. The highest BCUT2D eigenvalue weighted by molar-refractivity contribution is 5.20. The number of aryl methyl sites for hydroxylation is 1. The van der Waals surface area contributed by atoms with Crippen LogP contribution in [0.3, 0.4) is 0 Å². The fourth-order valence-corrected chi connectivity index (χ4v) is 1.69. The zero-order chi connectivity index (χ0) is 9.47. The third kappa shape index (κ3) is 1.55. The van der Waals surface area contributed by atoms with Gasteiger partial charge in [0.25, 0.3) is 0 Å². The van der Waals surface area contributed by atoms with Gasteiger partial charge in [-0.25, -0.2) is 0 Å². The van der Waals surface area contributed by atoms with Gasteiger partial charge >= 0.3 is 6.18 Å². The van der Waals surface area contributed by atoms with Crippen molar-refractivity contribution in [1.82, 2.24) is 10.2 Å². The molecular weight excluding hydrogens is 181 g/mol. The van der Waals surface area contributed by atoms with Crippen LogP contribution in [-0.4, -0.2) is 16.4 Å². The second-order valence-corrected chi connectivity index (χ2v) is 3.36. The molecule has 72 valence electrons. The van der Waals surface area contributed by atoms with Crippen LogP contribution < -0.4 is 0 Å². The fraction of sp³-hybridized carbons (Fsp3) is 0.625. The monoisotopic (exact) mass is 190 g/mol. The van der Waals surface area contributed by atoms with Gasteiger partial charge in [0.15, 0.2) is 0 Å². The van der Waals surface area contributed by atoms with Crippen molar-refractivity contribution in [2.45, 2.75) is 25.4 Å². The number of aromatic nitrogens is 2. The topological polar surface area (TPSA) is 28.7 Å². The molecule has 1 atom stereocenters. The Labute approximate surface area is 73.1 Å². The van der Waals surface area contributed by atoms with Gasteiger partial charge in [0.1, 0.15) is 0 Å². The number of aromatic amines is 1. The van der Waals surface area contributed by atoms with Crippen molar-refractivity contribution in [3.8, 4) is 0 Å². The first kappa shape index (κ1) is 8.59. The average Bonchev–Trinajstić information content (AvgIpc) is 2.47. The maximum absolute atomic E-state index is 12.3. The van der Waals surface area contributed by atoms with E-state index in [1.807, 2.05) is 0 Å². The van der Waals surface area contributed by atoms with Crippen LogP contribution in [0.15, 0.2) is 6.20 Å². The van der Waals surface area contributed by atoms with Crippen LogP contribution in [0.4, 0.5) is 13.2 Å². The Morgan fingerprint density at radius 1 is 1.46 bits per heavy atom. The molecule has 0 unspecified atom stereocenters. The lowest BCUT2D eigenvalue weighted by Gasteiger charge is -2.23. The summed E-state index contributed by atoms with van der Waals surface area (Å²) in [5.41, 5.74) is 1.58. The molecule has 0 radical (unpaired) electrons. The number of nitrogens with one attached hydrogen (secondary N) is 1. The molecule has 1 heterocycles. The van der Waals surface area contributed by atoms with Gasteiger partial charge in [0.2, 0.25) is 0 Å². The molecule has 2 rings (SSSR count). The quantitative estimate of drug-likeness (QED) is 0.666. The smallest absolute Gasteiger partial charge is 0.282 e. The van der Waals surface area contributed by atoms with Crippen molar-refractivity contribution in [2.75, 3.05) is 0 Å². The Balaban J connectivity index is 2.18. The van der Waals surface area contributed by atoms with E-state index in [2.05, 4.69) is 10.2 Å². The van der Waals surface area contributed by atoms with E-state index in [4.69, 9.17) is 0 Å². The maximum atomic E-state index is 12.3. The van der Waals surface area contributed by atoms with Crippen LogP contribution in [0.25, 0.3) is 0 Å². The molecule has 1 aliphatic rings. The predicted octanol–water partition coefficient (Wildman–Crippen LogP) is 2.08. The molecule has 5 heteroatoms. The Bertz CT molecular complexity index is 303. The molecular formula is C8H9F3N2. The Morgan fingerprint density at radius 3 is 2.92 bits per heavy atom. The number of rotatable bonds is 0. The Morgan fingerprint density at radius 2 is 2.23 bits per heavy atom. The Kier molecular flexibility index (Phi) is 1.82. The van der Waals surface area contributed by atoms with Crippen molar-refractivity contribution in [3.05, 3.63) is 17.5 Å². The molecule has 0 fully saturated rings. The van der Waals surface area contributed by atoms with Gasteiger partial charge in [0.05, 0.1) is 12.1 Å². The molecule has 0 aliphatic heterocycles. The van der Waals surface area contributed by atoms with Crippen LogP contribution >= 0.6 is 0 Å². The van der Waals surface area contributed by atoms with Gasteiger partial charge in [-0.05, 0) is 18.4 Å². The van der Waals surface area contributed by atoms with Crippen LogP contribution in [0.5, 0.6) is 0 Å². The van der Waals surface area contributed by atoms with E-state index < -0.39 is 12.1 Å². The maximum Gasteiger partial charge on any atom is 0.392 e. The highest BCUT2D eigenvalue weighted by Gasteiger charge is 2.41. The molecule has 1 aromatic heterocycles. The summed E-state index contributed by atoms with van der Waals surface area (Å²) in [6.45, 7) is 0. The summed E-state index contributed by atoms with van der Waals surface area (Å²) >= 11 is 0. The van der Waals surface area contributed by atoms with Gasteiger partial charge in [-0.2, -0.15) is 18.3 Å². The van der Waals surface area contributed by atoms with E-state index in [9.17, 15) is 13.2 Å². The van der Waals surface area contributed by atoms with E-state index in [0.717, 1.165) is 5.56 Å². The molecule has 0 saturated heterocycles. The highest BCUT2D eigenvalue weighted by Crippen LogP contribution is 2.35. The third-order valence-corrected chi connectivity index (χ3v) is 2.48. The minimum absolute atomic E-state index is 0.0544. The SMILES string of the molecule is FC(F)(F)[C@H]1CCc2cn[nH]c2C1. The summed E-state index contributed by atoms with van der Waals surface area (Å²) in [5.74, 6) is -1.19. The molecule has 0 spiro atoms. The lowest BCUT2D eigenvalue weighted by molar-refractivity contribution is -0.177. The van der Waals surface area contributed by atoms with Gasteiger partial charge in [-0.3, -0.25) is 5.10 Å². The van der Waals surface area contributed by atoms with Gasteiger partial charge in [-0.1, -0.05) is 0 Å². The standard InChI is InChI=1S/C8H9F3N2/c9-8(10,11)6-2-1-5-4-12-13-7(5)3-6/h4,6H,1-3H2,(H,12,13)/t6-/m0/s1. The van der Waals surface area contributed by atoms with Crippen LogP contribution in [-0.2, 0) is 12.8 Å². The molecule has 1 aliphatic carbocycles. The predicted molar refractivity (Wildman–Crippen MR) is 40.2 cm³/mol. The lowest BCUT2D eigenvalue weighted by atomic mass is 9.88. The number of nitrogens with zero attached hydrogens (tertiary/aromatic N) is 1. The highest BCUT2D eigenvalue weighted by atomic mass is 19.4. The van der Waals surface area contributed by atoms with Crippen molar-refractivity contribution in [2.24, 2.45) is 5.92 Å². The van der Waals surface area contributed by atoms with Gasteiger partial charge in [0, 0.05) is 12.1 Å². The average molecular weight is 190 g/mol. The second kappa shape index (κ2) is 2.75. The molecule has 0 saturated carbocycles. The lowest BCUT2D eigenvalue weighted by Crippen LogP contribution is -2.28. The first-order chi connectivity index (χ1) is 6.07. The van der Waals surface area contributed by atoms with Crippen molar-refractivity contribution >= 4 is 0 Å². The molecule has 0 aromatic carbocycles. The summed E-state index contributed by atoms with van der Waals surface area (Å²) in [6, 6.07) is 0. The van der Waals surface area contributed by atoms with Crippen molar-refractivity contribution in [3.63, 3.8) is 0 Å². The molecule has 1 aromatic rings. The number of hydrogen-bond donors (Lipinski definition) is 1. The van der Waals surface area contributed by atoms with E-state index in [1.165, 1.54) is 0 Å². The number of halogens is 3. The minimum atomic E-state index is -4.07. The number of H-pyrrole nitrogens is 1. The summed E-state index contributed by atoms with van der Waals surface area (Å²) in [6.07, 6.45) is -1.73. The molecule has 1 N–H and O–H groups in total. The van der Waals surface area contributed by atoms with Gasteiger partial charge in [-0.15, -0.1) is 0 Å². The summed E-state index contributed by atoms with van der Waals surface area (Å²) in [7, 11) is 0. The number of fused-ring (bicyclic) bond motifs is 1. The van der Waals surface area contributed by atoms with E-state index in [1.54, 1.807) is 6.20 Å². The van der Waals surface area contributed by atoms with Crippen LogP contribution in [0.1, 0.15) is 17.7 Å². The number of hydrogen-bond acceptors (Lipinski definition) is 1. The molecule has 13 heavy (non-hydrogen) atoms. The summed E-state index contributed by atoms with van der Waals surface area (Å²) in [5, 5.41) is 6.34. The largest absolute Gasteiger partial charge is 0.392 e.